The van der Waals surface area contributed by atoms with Gasteiger partial charge in [0.1, 0.15) is 5.78 Å². The number of aliphatic carboxylic acids is 2. The maximum absolute atomic E-state index is 11.8. The minimum Gasteiger partial charge on any atom is -0.481 e. The average Bonchev–Trinajstić information content (AvgIpc) is 2.37. The van der Waals surface area contributed by atoms with E-state index in [1.165, 1.54) is 0 Å². The van der Waals surface area contributed by atoms with Gasteiger partial charge >= 0.3 is 11.9 Å². The van der Waals surface area contributed by atoms with Crippen LogP contribution in [0.3, 0.4) is 0 Å². The number of carbonyl (C=O) groups is 3. The zero-order valence-electron chi connectivity index (χ0n) is 14.3. The fraction of sp³-hybridized carbons (Fsp3) is 0.824. The molecule has 0 spiro atoms. The van der Waals surface area contributed by atoms with Crippen LogP contribution in [0.1, 0.15) is 79.1 Å². The van der Waals surface area contributed by atoms with E-state index >= 15 is 0 Å². The van der Waals surface area contributed by atoms with E-state index in [9.17, 15) is 19.5 Å². The molecule has 0 rings (SSSR count). The number of carboxylic acids is 2. The van der Waals surface area contributed by atoms with E-state index in [0.717, 1.165) is 12.8 Å². The minimum absolute atomic E-state index is 0.159. The molecule has 0 aromatic heterocycles. The Bertz CT molecular complexity index is 396. The van der Waals surface area contributed by atoms with Gasteiger partial charge in [-0.2, -0.15) is 0 Å². The third-order valence-corrected chi connectivity index (χ3v) is 4.83. The van der Waals surface area contributed by atoms with Crippen molar-refractivity contribution in [1.82, 2.24) is 0 Å². The van der Waals surface area contributed by atoms with E-state index in [1.807, 2.05) is 13.8 Å². The molecule has 0 amide bonds. The van der Waals surface area contributed by atoms with Gasteiger partial charge < -0.3 is 10.2 Å². The minimum atomic E-state index is -0.827. The Morgan fingerprint density at radius 2 is 1.27 bits per heavy atom. The lowest BCUT2D eigenvalue weighted by Gasteiger charge is -2.38. The van der Waals surface area contributed by atoms with E-state index in [0.29, 0.717) is 32.1 Å². The molecule has 0 bridgehead atoms. The molecule has 0 fully saturated rings. The molecule has 0 aromatic rings. The summed E-state index contributed by atoms with van der Waals surface area (Å²) in [5.74, 6) is -1.43. The molecule has 5 nitrogen and oxygen atoms in total. The Morgan fingerprint density at radius 3 is 1.77 bits per heavy atom. The molecule has 128 valence electrons. The molecule has 0 aliphatic rings. The van der Waals surface area contributed by atoms with Crippen LogP contribution in [0.25, 0.3) is 0 Å². The molecule has 22 heavy (non-hydrogen) atoms. The zero-order chi connectivity index (χ0) is 17.4. The number of hydrogen-bond donors (Lipinski definition) is 2. The molecule has 0 atom stereocenters. The van der Waals surface area contributed by atoms with E-state index in [4.69, 9.17) is 5.11 Å². The first-order chi connectivity index (χ1) is 10.0. The van der Waals surface area contributed by atoms with E-state index in [2.05, 4.69) is 0 Å². The number of hydrogen-bond acceptors (Lipinski definition) is 3. The van der Waals surface area contributed by atoms with Gasteiger partial charge in [0.25, 0.3) is 0 Å². The Hall–Kier alpha value is -1.39. The van der Waals surface area contributed by atoms with Crippen molar-refractivity contribution in [1.29, 1.82) is 0 Å². The molecule has 0 saturated heterocycles. The van der Waals surface area contributed by atoms with Crippen molar-refractivity contribution in [2.45, 2.75) is 79.1 Å². The molecule has 0 heterocycles. The molecular formula is C17H30O5. The van der Waals surface area contributed by atoms with Crippen molar-refractivity contribution < 1.29 is 24.6 Å². The number of Topliss-reactive ketones (excluding diaryl/α,β-unsaturated/α-hetero) is 1. The fourth-order valence-electron chi connectivity index (χ4n) is 2.23. The summed E-state index contributed by atoms with van der Waals surface area (Å²) in [6, 6.07) is 0. The quantitative estimate of drug-likeness (QED) is 0.533. The van der Waals surface area contributed by atoms with Gasteiger partial charge in [0.15, 0.2) is 0 Å². The molecule has 0 unspecified atom stereocenters. The standard InChI is InChI=1S/C17H30O5/c1-16(2,17(3,4)15(21)22)12-8-10-13(18)9-6-5-7-11-14(19)20/h5-12H2,1-4H3,(H,19,20)(H,21,22). The monoisotopic (exact) mass is 314 g/mol. The number of rotatable bonds is 12. The van der Waals surface area contributed by atoms with Gasteiger partial charge in [0.05, 0.1) is 5.41 Å². The third-order valence-electron chi connectivity index (χ3n) is 4.83. The second-order valence-electron chi connectivity index (χ2n) is 7.16. The van der Waals surface area contributed by atoms with Gasteiger partial charge in [-0.15, -0.1) is 0 Å². The maximum Gasteiger partial charge on any atom is 0.309 e. The number of carboxylic acid groups (broad SMARTS) is 2. The topological polar surface area (TPSA) is 91.7 Å². The Labute approximate surface area is 133 Å². The lowest BCUT2D eigenvalue weighted by Crippen LogP contribution is -2.39. The number of ketones is 1. The predicted octanol–water partition coefficient (Wildman–Crippen LogP) is 3.90. The third kappa shape index (κ3) is 7.05. The Kier molecular flexibility index (Phi) is 8.35. The van der Waals surface area contributed by atoms with Crippen LogP contribution in [-0.2, 0) is 14.4 Å². The number of unbranched alkanes of at least 4 members (excludes halogenated alkanes) is 2. The summed E-state index contributed by atoms with van der Waals surface area (Å²) in [6.45, 7) is 7.30. The SMILES string of the molecule is CC(C)(CCCC(=O)CCCCCC(=O)O)C(C)(C)C(=O)O. The second kappa shape index (κ2) is 8.91. The van der Waals surface area contributed by atoms with E-state index < -0.39 is 17.4 Å². The van der Waals surface area contributed by atoms with Gasteiger partial charge in [-0.1, -0.05) is 20.3 Å². The average molecular weight is 314 g/mol. The summed E-state index contributed by atoms with van der Waals surface area (Å²) in [4.78, 5) is 33.4. The molecule has 0 aromatic carbocycles. The van der Waals surface area contributed by atoms with E-state index in [-0.39, 0.29) is 17.6 Å². The molecule has 0 saturated carbocycles. The van der Waals surface area contributed by atoms with Gasteiger partial charge in [0.2, 0.25) is 0 Å². The van der Waals surface area contributed by atoms with Gasteiger partial charge in [0, 0.05) is 19.3 Å². The van der Waals surface area contributed by atoms with Gasteiger partial charge in [-0.3, -0.25) is 14.4 Å². The van der Waals surface area contributed by atoms with Crippen LogP contribution in [0.4, 0.5) is 0 Å². The summed E-state index contributed by atoms with van der Waals surface area (Å²) in [5, 5.41) is 17.8. The summed E-state index contributed by atoms with van der Waals surface area (Å²) < 4.78 is 0. The van der Waals surface area contributed by atoms with Gasteiger partial charge in [-0.05, 0) is 44.9 Å². The smallest absolute Gasteiger partial charge is 0.309 e. The fourth-order valence-corrected chi connectivity index (χ4v) is 2.23. The highest BCUT2D eigenvalue weighted by molar-refractivity contribution is 5.78. The molecule has 0 radical (unpaired) electrons. The van der Waals surface area contributed by atoms with Crippen LogP contribution in [0.5, 0.6) is 0 Å². The van der Waals surface area contributed by atoms with Crippen LogP contribution >= 0.6 is 0 Å². The highest BCUT2D eigenvalue weighted by Gasteiger charge is 2.42. The molecule has 0 aliphatic heterocycles. The lowest BCUT2D eigenvalue weighted by atomic mass is 9.65. The van der Waals surface area contributed by atoms with Crippen molar-refractivity contribution in [3.05, 3.63) is 0 Å². The van der Waals surface area contributed by atoms with Crippen molar-refractivity contribution >= 4 is 17.7 Å². The summed E-state index contributed by atoms with van der Waals surface area (Å²) >= 11 is 0. The predicted molar refractivity (Wildman–Crippen MR) is 84.8 cm³/mol. The molecular weight excluding hydrogens is 284 g/mol. The summed E-state index contributed by atoms with van der Waals surface area (Å²) in [6.07, 6.45) is 4.61. The van der Waals surface area contributed by atoms with Crippen molar-refractivity contribution in [3.8, 4) is 0 Å². The first-order valence-electron chi connectivity index (χ1n) is 7.97. The van der Waals surface area contributed by atoms with Crippen LogP contribution in [0.15, 0.2) is 0 Å². The first kappa shape index (κ1) is 20.6. The van der Waals surface area contributed by atoms with Crippen molar-refractivity contribution in [2.24, 2.45) is 10.8 Å². The molecule has 0 aliphatic carbocycles. The number of carbonyl (C=O) groups excluding carboxylic acids is 1. The van der Waals surface area contributed by atoms with Crippen molar-refractivity contribution in [3.63, 3.8) is 0 Å². The highest BCUT2D eigenvalue weighted by atomic mass is 16.4. The maximum atomic E-state index is 11.8. The Morgan fingerprint density at radius 1 is 0.773 bits per heavy atom. The first-order valence-corrected chi connectivity index (χ1v) is 7.97. The summed E-state index contributed by atoms with van der Waals surface area (Å²) in [7, 11) is 0. The van der Waals surface area contributed by atoms with Crippen LogP contribution in [0.2, 0.25) is 0 Å². The second-order valence-corrected chi connectivity index (χ2v) is 7.16. The van der Waals surface area contributed by atoms with Crippen LogP contribution in [-0.4, -0.2) is 27.9 Å². The van der Waals surface area contributed by atoms with Gasteiger partial charge in [-0.25, -0.2) is 0 Å². The lowest BCUT2D eigenvalue weighted by molar-refractivity contribution is -0.154. The Balaban J connectivity index is 3.97. The summed E-state index contributed by atoms with van der Waals surface area (Å²) in [5.41, 5.74) is -1.20. The van der Waals surface area contributed by atoms with Crippen molar-refractivity contribution in [2.75, 3.05) is 0 Å². The zero-order valence-corrected chi connectivity index (χ0v) is 14.3. The molecule has 5 heteroatoms. The largest absolute Gasteiger partial charge is 0.481 e. The van der Waals surface area contributed by atoms with Crippen LogP contribution < -0.4 is 0 Å². The molecule has 2 N–H and O–H groups in total. The highest BCUT2D eigenvalue weighted by Crippen LogP contribution is 2.42. The van der Waals surface area contributed by atoms with E-state index in [1.54, 1.807) is 13.8 Å². The normalized spacial score (nSPS) is 12.2. The van der Waals surface area contributed by atoms with Crippen LogP contribution in [0, 0.1) is 10.8 Å².